The van der Waals surface area contributed by atoms with E-state index in [-0.39, 0.29) is 17.7 Å². The van der Waals surface area contributed by atoms with Gasteiger partial charge in [-0.2, -0.15) is 0 Å². The van der Waals surface area contributed by atoms with Crippen molar-refractivity contribution in [2.45, 2.75) is 39.0 Å². The van der Waals surface area contributed by atoms with Crippen LogP contribution in [0.4, 0.5) is 0 Å². The first kappa shape index (κ1) is 17.0. The molecule has 2 fully saturated rings. The molecule has 1 aromatic carbocycles. The molecule has 2 saturated heterocycles. The number of rotatable bonds is 5. The number of hydrogen-bond donors (Lipinski definition) is 0. The average Bonchev–Trinajstić information content (AvgIpc) is 2.96. The molecule has 0 saturated carbocycles. The Bertz CT molecular complexity index is 572. The third kappa shape index (κ3) is 4.16. The molecule has 4 heteroatoms. The molecular formula is C20H28N2O2. The van der Waals surface area contributed by atoms with Crippen LogP contribution in [0.3, 0.4) is 0 Å². The Hall–Kier alpha value is -1.84. The second-order valence-electron chi connectivity index (χ2n) is 7.36. The molecule has 2 amide bonds. The maximum absolute atomic E-state index is 12.7. The lowest BCUT2D eigenvalue weighted by molar-refractivity contribution is -0.137. The Kier molecular flexibility index (Phi) is 5.54. The van der Waals surface area contributed by atoms with E-state index in [1.165, 1.54) is 12.0 Å². The van der Waals surface area contributed by atoms with Crippen LogP contribution in [-0.4, -0.2) is 47.8 Å². The molecule has 24 heavy (non-hydrogen) atoms. The molecule has 2 atom stereocenters. The highest BCUT2D eigenvalue weighted by atomic mass is 16.2. The Morgan fingerprint density at radius 1 is 1.21 bits per heavy atom. The zero-order valence-electron chi connectivity index (χ0n) is 14.6. The van der Waals surface area contributed by atoms with Crippen LogP contribution in [0.2, 0.25) is 0 Å². The highest BCUT2D eigenvalue weighted by Gasteiger charge is 2.36. The van der Waals surface area contributed by atoms with E-state index in [0.29, 0.717) is 18.9 Å². The Balaban J connectivity index is 1.47. The van der Waals surface area contributed by atoms with Gasteiger partial charge in [-0.3, -0.25) is 9.59 Å². The number of carbonyl (C=O) groups is 2. The number of nitrogens with zero attached hydrogens (tertiary/aromatic N) is 2. The number of carbonyl (C=O) groups excluding carboxylic acids is 2. The molecular weight excluding hydrogens is 300 g/mol. The molecule has 0 spiro atoms. The molecule has 4 nitrogen and oxygen atoms in total. The maximum atomic E-state index is 12.7. The van der Waals surface area contributed by atoms with Crippen molar-refractivity contribution in [2.75, 3.05) is 26.2 Å². The minimum Gasteiger partial charge on any atom is -0.342 e. The van der Waals surface area contributed by atoms with Gasteiger partial charge in [0.25, 0.3) is 0 Å². The molecule has 0 N–H and O–H groups in total. The topological polar surface area (TPSA) is 40.6 Å². The highest BCUT2D eigenvalue weighted by Crippen LogP contribution is 2.24. The zero-order chi connectivity index (χ0) is 16.9. The normalized spacial score (nSPS) is 24.5. The Morgan fingerprint density at radius 2 is 2.00 bits per heavy atom. The lowest BCUT2D eigenvalue weighted by Gasteiger charge is -2.32. The van der Waals surface area contributed by atoms with Gasteiger partial charge in [-0.15, -0.1) is 0 Å². The molecule has 2 unspecified atom stereocenters. The smallest absolute Gasteiger partial charge is 0.228 e. The van der Waals surface area contributed by atoms with E-state index in [2.05, 4.69) is 19.1 Å². The highest BCUT2D eigenvalue weighted by molar-refractivity contribution is 5.89. The molecule has 3 rings (SSSR count). The number of likely N-dealkylation sites (tertiary alicyclic amines) is 2. The van der Waals surface area contributed by atoms with Crippen molar-refractivity contribution in [3.05, 3.63) is 35.9 Å². The van der Waals surface area contributed by atoms with Crippen LogP contribution in [-0.2, 0) is 16.0 Å². The summed E-state index contributed by atoms with van der Waals surface area (Å²) in [5.41, 5.74) is 1.30. The minimum absolute atomic E-state index is 0.125. The van der Waals surface area contributed by atoms with Crippen molar-refractivity contribution in [3.63, 3.8) is 0 Å². The van der Waals surface area contributed by atoms with Crippen molar-refractivity contribution in [1.29, 1.82) is 0 Å². The third-order valence-corrected chi connectivity index (χ3v) is 5.27. The van der Waals surface area contributed by atoms with E-state index in [9.17, 15) is 9.59 Å². The van der Waals surface area contributed by atoms with Crippen molar-refractivity contribution in [1.82, 2.24) is 9.80 Å². The largest absolute Gasteiger partial charge is 0.342 e. The van der Waals surface area contributed by atoms with Crippen LogP contribution in [0.15, 0.2) is 30.3 Å². The summed E-state index contributed by atoms with van der Waals surface area (Å²) in [5.74, 6) is 0.799. The predicted octanol–water partition coefficient (Wildman–Crippen LogP) is 2.73. The van der Waals surface area contributed by atoms with Gasteiger partial charge >= 0.3 is 0 Å². The van der Waals surface area contributed by atoms with E-state index in [0.717, 1.165) is 38.9 Å². The fourth-order valence-corrected chi connectivity index (χ4v) is 3.92. The predicted molar refractivity (Wildman–Crippen MR) is 94.4 cm³/mol. The third-order valence-electron chi connectivity index (χ3n) is 5.27. The summed E-state index contributed by atoms with van der Waals surface area (Å²) >= 11 is 0. The molecule has 0 bridgehead atoms. The van der Waals surface area contributed by atoms with Crippen molar-refractivity contribution in [2.24, 2.45) is 11.8 Å². The van der Waals surface area contributed by atoms with Gasteiger partial charge in [-0.05, 0) is 37.2 Å². The van der Waals surface area contributed by atoms with Crippen molar-refractivity contribution in [3.8, 4) is 0 Å². The van der Waals surface area contributed by atoms with Crippen LogP contribution in [0.5, 0.6) is 0 Å². The van der Waals surface area contributed by atoms with E-state index in [4.69, 9.17) is 0 Å². The van der Waals surface area contributed by atoms with Gasteiger partial charge in [-0.1, -0.05) is 37.3 Å². The molecule has 2 aliphatic rings. The zero-order valence-corrected chi connectivity index (χ0v) is 14.6. The summed E-state index contributed by atoms with van der Waals surface area (Å²) in [4.78, 5) is 28.8. The summed E-state index contributed by atoms with van der Waals surface area (Å²) in [5, 5.41) is 0. The quantitative estimate of drug-likeness (QED) is 0.834. The fourth-order valence-electron chi connectivity index (χ4n) is 3.92. The average molecular weight is 328 g/mol. The van der Waals surface area contributed by atoms with Crippen LogP contribution >= 0.6 is 0 Å². The van der Waals surface area contributed by atoms with Gasteiger partial charge in [0.15, 0.2) is 0 Å². The van der Waals surface area contributed by atoms with E-state index in [1.807, 2.05) is 28.0 Å². The van der Waals surface area contributed by atoms with E-state index in [1.54, 1.807) is 0 Å². The van der Waals surface area contributed by atoms with Crippen LogP contribution in [0, 0.1) is 11.8 Å². The summed E-state index contributed by atoms with van der Waals surface area (Å²) in [6.45, 7) is 5.29. The number of aryl methyl sites for hydroxylation is 1. The molecule has 0 radical (unpaired) electrons. The van der Waals surface area contributed by atoms with Crippen LogP contribution in [0.25, 0.3) is 0 Å². The van der Waals surface area contributed by atoms with E-state index < -0.39 is 0 Å². The molecule has 0 aromatic heterocycles. The number of piperidine rings is 1. The maximum Gasteiger partial charge on any atom is 0.228 e. The minimum atomic E-state index is -0.125. The van der Waals surface area contributed by atoms with Crippen LogP contribution < -0.4 is 0 Å². The van der Waals surface area contributed by atoms with Gasteiger partial charge < -0.3 is 9.80 Å². The van der Waals surface area contributed by atoms with Gasteiger partial charge in [0.2, 0.25) is 11.8 Å². The van der Waals surface area contributed by atoms with Crippen molar-refractivity contribution >= 4 is 11.8 Å². The molecule has 130 valence electrons. The second-order valence-corrected chi connectivity index (χ2v) is 7.36. The van der Waals surface area contributed by atoms with E-state index >= 15 is 0 Å². The summed E-state index contributed by atoms with van der Waals surface area (Å²) in [6, 6.07) is 10.4. The molecule has 2 aliphatic heterocycles. The lowest BCUT2D eigenvalue weighted by atomic mass is 9.98. The lowest BCUT2D eigenvalue weighted by Crippen LogP contribution is -2.43. The van der Waals surface area contributed by atoms with Crippen LogP contribution in [0.1, 0.15) is 38.2 Å². The summed E-state index contributed by atoms with van der Waals surface area (Å²) < 4.78 is 0. The van der Waals surface area contributed by atoms with Gasteiger partial charge in [0.1, 0.15) is 0 Å². The van der Waals surface area contributed by atoms with Crippen molar-refractivity contribution < 1.29 is 9.59 Å². The fraction of sp³-hybridized carbons (Fsp3) is 0.600. The number of benzene rings is 1. The summed E-state index contributed by atoms with van der Waals surface area (Å²) in [7, 11) is 0. The molecule has 1 aromatic rings. The van der Waals surface area contributed by atoms with Gasteiger partial charge in [-0.25, -0.2) is 0 Å². The molecule has 0 aliphatic carbocycles. The first-order valence-electron chi connectivity index (χ1n) is 9.24. The standard InChI is InChI=1S/C20H28N2O2/c1-16-7-5-12-22(14-16)20(24)18-13-19(23)21(15-18)11-6-10-17-8-3-2-4-9-17/h2-4,8-9,16,18H,5-7,10-15H2,1H3. The first-order valence-corrected chi connectivity index (χ1v) is 9.24. The van der Waals surface area contributed by atoms with Gasteiger partial charge in [0, 0.05) is 32.6 Å². The van der Waals surface area contributed by atoms with Gasteiger partial charge in [0.05, 0.1) is 5.92 Å². The monoisotopic (exact) mass is 328 g/mol. The SMILES string of the molecule is CC1CCCN(C(=O)C2CC(=O)N(CCCc3ccccc3)C2)C1. The Morgan fingerprint density at radius 3 is 2.75 bits per heavy atom. The first-order chi connectivity index (χ1) is 11.6. The number of hydrogen-bond acceptors (Lipinski definition) is 2. The summed E-state index contributed by atoms with van der Waals surface area (Å²) in [6.07, 6.45) is 4.63. The molecule has 2 heterocycles. The second kappa shape index (κ2) is 7.82. The number of amides is 2. The Labute approximate surface area is 144 Å².